The third-order valence-electron chi connectivity index (χ3n) is 3.99. The number of nitrogens with zero attached hydrogens (tertiary/aromatic N) is 2. The highest BCUT2D eigenvalue weighted by molar-refractivity contribution is 7.88. The molecular weight excluding hydrogens is 397 g/mol. The summed E-state index contributed by atoms with van der Waals surface area (Å²) in [6.07, 6.45) is 4.26. The van der Waals surface area contributed by atoms with Crippen molar-refractivity contribution in [1.82, 2.24) is 14.5 Å². The Morgan fingerprint density at radius 3 is 2.46 bits per heavy atom. The molecule has 0 saturated carbocycles. The van der Waals surface area contributed by atoms with Gasteiger partial charge < -0.3 is 10.2 Å². The standard InChI is InChI=1S/C17H21Cl2N3O3S/c1-13(21-7-9-22(10-8-21)26(2,24)25)12-20-17(23)6-4-14-3-5-15(18)16(19)11-14/h3-6,11H,1,7-10,12H2,2H3,(H,20,23)/b6-4+. The third-order valence-corrected chi connectivity index (χ3v) is 6.03. The minimum atomic E-state index is -3.16. The van der Waals surface area contributed by atoms with Gasteiger partial charge in [-0.3, -0.25) is 4.79 Å². The highest BCUT2D eigenvalue weighted by Crippen LogP contribution is 2.23. The number of hydrogen-bond acceptors (Lipinski definition) is 4. The molecule has 0 radical (unpaired) electrons. The summed E-state index contributed by atoms with van der Waals surface area (Å²) in [7, 11) is -3.16. The summed E-state index contributed by atoms with van der Waals surface area (Å²) in [6.45, 7) is 6.21. The Kier molecular flexibility index (Phi) is 7.11. The van der Waals surface area contributed by atoms with Gasteiger partial charge in [-0.05, 0) is 23.8 Å². The highest BCUT2D eigenvalue weighted by Gasteiger charge is 2.23. The summed E-state index contributed by atoms with van der Waals surface area (Å²) < 4.78 is 24.5. The van der Waals surface area contributed by atoms with Crippen molar-refractivity contribution < 1.29 is 13.2 Å². The molecule has 1 amide bonds. The van der Waals surface area contributed by atoms with Gasteiger partial charge in [0.1, 0.15) is 0 Å². The van der Waals surface area contributed by atoms with E-state index in [1.807, 2.05) is 4.90 Å². The maximum absolute atomic E-state index is 11.9. The van der Waals surface area contributed by atoms with E-state index in [9.17, 15) is 13.2 Å². The van der Waals surface area contributed by atoms with Gasteiger partial charge in [0.15, 0.2) is 0 Å². The second-order valence-electron chi connectivity index (χ2n) is 5.94. The van der Waals surface area contributed by atoms with E-state index in [1.165, 1.54) is 16.6 Å². The van der Waals surface area contributed by atoms with E-state index in [2.05, 4.69) is 11.9 Å². The average Bonchev–Trinajstić information content (AvgIpc) is 2.60. The van der Waals surface area contributed by atoms with Gasteiger partial charge >= 0.3 is 0 Å². The molecule has 0 aromatic heterocycles. The molecule has 142 valence electrons. The highest BCUT2D eigenvalue weighted by atomic mass is 35.5. The van der Waals surface area contributed by atoms with Crippen LogP contribution in [0.2, 0.25) is 10.0 Å². The van der Waals surface area contributed by atoms with Crippen molar-refractivity contribution in [3.8, 4) is 0 Å². The van der Waals surface area contributed by atoms with E-state index in [4.69, 9.17) is 23.2 Å². The first kappa shape index (κ1) is 20.8. The molecule has 1 heterocycles. The lowest BCUT2D eigenvalue weighted by molar-refractivity contribution is -0.116. The van der Waals surface area contributed by atoms with Gasteiger partial charge in [-0.1, -0.05) is 35.8 Å². The molecule has 2 rings (SSSR count). The van der Waals surface area contributed by atoms with Crippen LogP contribution in [0.5, 0.6) is 0 Å². The number of halogens is 2. The quantitative estimate of drug-likeness (QED) is 0.720. The fourth-order valence-corrected chi connectivity index (χ4v) is 3.62. The summed E-state index contributed by atoms with van der Waals surface area (Å²) in [6, 6.07) is 5.10. The van der Waals surface area contributed by atoms with E-state index >= 15 is 0 Å². The van der Waals surface area contributed by atoms with E-state index in [1.54, 1.807) is 24.3 Å². The van der Waals surface area contributed by atoms with Gasteiger partial charge in [0, 0.05) is 38.0 Å². The van der Waals surface area contributed by atoms with Gasteiger partial charge in [0.25, 0.3) is 0 Å². The fourth-order valence-electron chi connectivity index (χ4n) is 2.48. The summed E-state index contributed by atoms with van der Waals surface area (Å²) >= 11 is 11.8. The molecule has 9 heteroatoms. The molecular formula is C17H21Cl2N3O3S. The third kappa shape index (κ3) is 6.02. The van der Waals surface area contributed by atoms with Crippen LogP contribution in [0.1, 0.15) is 5.56 Å². The number of amides is 1. The van der Waals surface area contributed by atoms with Crippen molar-refractivity contribution in [3.63, 3.8) is 0 Å². The molecule has 1 aliphatic rings. The lowest BCUT2D eigenvalue weighted by Crippen LogP contribution is -2.48. The first-order valence-corrected chi connectivity index (χ1v) is 10.6. The van der Waals surface area contributed by atoms with E-state index in [-0.39, 0.29) is 5.91 Å². The molecule has 1 fully saturated rings. The Morgan fingerprint density at radius 1 is 1.23 bits per heavy atom. The van der Waals surface area contributed by atoms with Crippen LogP contribution < -0.4 is 5.32 Å². The minimum Gasteiger partial charge on any atom is -0.371 e. The maximum Gasteiger partial charge on any atom is 0.244 e. The van der Waals surface area contributed by atoms with Crippen LogP contribution >= 0.6 is 23.2 Å². The monoisotopic (exact) mass is 417 g/mol. The molecule has 1 N–H and O–H groups in total. The summed E-state index contributed by atoms with van der Waals surface area (Å²) in [5.41, 5.74) is 1.51. The molecule has 0 spiro atoms. The molecule has 0 aliphatic carbocycles. The van der Waals surface area contributed by atoms with Crippen LogP contribution in [-0.4, -0.2) is 62.5 Å². The number of benzene rings is 1. The molecule has 1 aromatic rings. The van der Waals surface area contributed by atoms with Crippen LogP contribution in [0.4, 0.5) is 0 Å². The van der Waals surface area contributed by atoms with Crippen LogP contribution in [-0.2, 0) is 14.8 Å². The van der Waals surface area contributed by atoms with Gasteiger partial charge in [-0.2, -0.15) is 4.31 Å². The zero-order valence-electron chi connectivity index (χ0n) is 14.4. The second-order valence-corrected chi connectivity index (χ2v) is 8.74. The molecule has 0 bridgehead atoms. The molecule has 0 unspecified atom stereocenters. The van der Waals surface area contributed by atoms with Crippen molar-refractivity contribution in [2.45, 2.75) is 0 Å². The Labute approximate surface area is 164 Å². The topological polar surface area (TPSA) is 69.7 Å². The van der Waals surface area contributed by atoms with E-state index in [0.717, 1.165) is 11.3 Å². The number of piperazine rings is 1. The maximum atomic E-state index is 11.9. The van der Waals surface area contributed by atoms with Gasteiger partial charge in [0.2, 0.25) is 15.9 Å². The summed E-state index contributed by atoms with van der Waals surface area (Å²) in [4.78, 5) is 13.9. The first-order chi connectivity index (χ1) is 12.2. The van der Waals surface area contributed by atoms with Crippen molar-refractivity contribution >= 4 is 45.2 Å². The summed E-state index contributed by atoms with van der Waals surface area (Å²) in [5.74, 6) is -0.257. The summed E-state index contributed by atoms with van der Waals surface area (Å²) in [5, 5.41) is 3.65. The van der Waals surface area contributed by atoms with Crippen molar-refractivity contribution in [2.75, 3.05) is 39.0 Å². The number of carbonyl (C=O) groups is 1. The molecule has 0 atom stereocenters. The predicted molar refractivity (Wildman–Crippen MR) is 106 cm³/mol. The number of rotatable bonds is 6. The number of hydrogen-bond donors (Lipinski definition) is 1. The molecule has 1 aliphatic heterocycles. The molecule has 26 heavy (non-hydrogen) atoms. The second kappa shape index (κ2) is 8.90. The van der Waals surface area contributed by atoms with Gasteiger partial charge in [-0.15, -0.1) is 0 Å². The lowest BCUT2D eigenvalue weighted by Gasteiger charge is -2.35. The average molecular weight is 418 g/mol. The molecule has 6 nitrogen and oxygen atoms in total. The SMILES string of the molecule is C=C(CNC(=O)/C=C/c1ccc(Cl)c(Cl)c1)N1CCN(S(C)(=O)=O)CC1. The van der Waals surface area contributed by atoms with Gasteiger partial charge in [0.05, 0.1) is 22.8 Å². The van der Waals surface area contributed by atoms with Crippen LogP contribution in [0.3, 0.4) is 0 Å². The first-order valence-electron chi connectivity index (χ1n) is 7.95. The normalized spacial score (nSPS) is 16.0. The van der Waals surface area contributed by atoms with Gasteiger partial charge in [-0.25, -0.2) is 8.42 Å². The van der Waals surface area contributed by atoms with Crippen molar-refractivity contribution in [1.29, 1.82) is 0 Å². The van der Waals surface area contributed by atoms with Crippen molar-refractivity contribution in [2.24, 2.45) is 0 Å². The Bertz CT molecular complexity index is 817. The Hall–Kier alpha value is -1.54. The smallest absolute Gasteiger partial charge is 0.244 e. The van der Waals surface area contributed by atoms with E-state index in [0.29, 0.717) is 42.8 Å². The molecule has 1 saturated heterocycles. The fraction of sp³-hybridized carbons (Fsp3) is 0.353. The van der Waals surface area contributed by atoms with Crippen LogP contribution in [0.25, 0.3) is 6.08 Å². The number of sulfonamides is 1. The lowest BCUT2D eigenvalue weighted by atomic mass is 10.2. The zero-order valence-corrected chi connectivity index (χ0v) is 16.7. The van der Waals surface area contributed by atoms with Crippen LogP contribution in [0.15, 0.2) is 36.6 Å². The minimum absolute atomic E-state index is 0.257. The number of nitrogens with one attached hydrogen (secondary N) is 1. The van der Waals surface area contributed by atoms with Crippen LogP contribution in [0, 0.1) is 0 Å². The largest absolute Gasteiger partial charge is 0.371 e. The number of carbonyl (C=O) groups excluding carboxylic acids is 1. The zero-order chi connectivity index (χ0) is 19.3. The van der Waals surface area contributed by atoms with E-state index < -0.39 is 10.0 Å². The Balaban J connectivity index is 1.79. The molecule has 1 aromatic carbocycles. The Morgan fingerprint density at radius 2 is 1.88 bits per heavy atom. The van der Waals surface area contributed by atoms with Crippen molar-refractivity contribution in [3.05, 3.63) is 52.2 Å². The predicted octanol–water partition coefficient (Wildman–Crippen LogP) is 2.21.